The van der Waals surface area contributed by atoms with Crippen LogP contribution in [0.2, 0.25) is 0 Å². The third kappa shape index (κ3) is 7.00. The molecule has 2 aromatic heterocycles. The van der Waals surface area contributed by atoms with Crippen molar-refractivity contribution < 1.29 is 23.1 Å². The van der Waals surface area contributed by atoms with Gasteiger partial charge in [-0.2, -0.15) is 5.26 Å². The van der Waals surface area contributed by atoms with Crippen molar-refractivity contribution in [2.75, 3.05) is 13.1 Å². The van der Waals surface area contributed by atoms with Gasteiger partial charge in [0.15, 0.2) is 11.5 Å². The number of ketones is 1. The normalized spacial score (nSPS) is 13.8. The Morgan fingerprint density at radius 3 is 2.43 bits per heavy atom. The van der Waals surface area contributed by atoms with Crippen LogP contribution in [0.25, 0.3) is 11.0 Å². The molecule has 1 fully saturated rings. The van der Waals surface area contributed by atoms with E-state index in [9.17, 15) is 14.0 Å². The molecule has 1 amide bonds. The predicted octanol–water partition coefficient (Wildman–Crippen LogP) is 6.45. The Morgan fingerprint density at radius 2 is 1.73 bits per heavy atom. The molecule has 3 heterocycles. The van der Waals surface area contributed by atoms with E-state index >= 15 is 0 Å². The molecule has 0 bridgehead atoms. The molecule has 5 aromatic rings. The summed E-state index contributed by atoms with van der Waals surface area (Å²) in [5.74, 6) is 0.262. The number of amides is 1. The number of rotatable bonds is 9. The number of carbonyl (C=O) groups is 2. The Bertz CT molecular complexity index is 1820. The highest BCUT2D eigenvalue weighted by molar-refractivity contribution is 5.99. The lowest BCUT2D eigenvalue weighted by atomic mass is 10.0. The first-order chi connectivity index (χ1) is 21.4. The van der Waals surface area contributed by atoms with Gasteiger partial charge in [0.2, 0.25) is 5.88 Å². The van der Waals surface area contributed by atoms with Crippen molar-refractivity contribution in [1.82, 2.24) is 15.2 Å². The number of nitriles is 1. The van der Waals surface area contributed by atoms with Gasteiger partial charge in [-0.25, -0.2) is 9.37 Å². The summed E-state index contributed by atoms with van der Waals surface area (Å²) in [7, 11) is 0. The number of nitrogens with one attached hydrogen (secondary N) is 1. The Labute approximate surface area is 253 Å². The molecule has 0 spiro atoms. The number of ether oxygens (including phenoxy) is 1. The third-order valence-electron chi connectivity index (χ3n) is 7.68. The highest BCUT2D eigenvalue weighted by atomic mass is 19.1. The molecule has 0 atom stereocenters. The number of pyridine rings is 1. The van der Waals surface area contributed by atoms with Crippen molar-refractivity contribution in [3.8, 4) is 17.7 Å². The molecule has 0 saturated carbocycles. The van der Waals surface area contributed by atoms with E-state index in [0.29, 0.717) is 28.3 Å². The number of benzene rings is 3. The number of aromatic nitrogens is 1. The molecule has 1 aliphatic heterocycles. The maximum atomic E-state index is 13.1. The average molecular weight is 589 g/mol. The van der Waals surface area contributed by atoms with Gasteiger partial charge in [-0.05, 0) is 84.6 Å². The van der Waals surface area contributed by atoms with Crippen LogP contribution in [0, 0.1) is 17.1 Å². The lowest BCUT2D eigenvalue weighted by Crippen LogP contribution is -2.44. The van der Waals surface area contributed by atoms with Crippen molar-refractivity contribution in [2.45, 2.75) is 31.8 Å². The summed E-state index contributed by atoms with van der Waals surface area (Å²) < 4.78 is 24.5. The summed E-state index contributed by atoms with van der Waals surface area (Å²) in [6, 6.07) is 25.8. The molecular weight excluding hydrogens is 559 g/mol. The molecule has 0 radical (unpaired) electrons. The second-order valence-electron chi connectivity index (χ2n) is 10.9. The van der Waals surface area contributed by atoms with Crippen LogP contribution < -0.4 is 10.1 Å². The zero-order valence-electron chi connectivity index (χ0n) is 23.8. The minimum absolute atomic E-state index is 0.0576. The smallest absolute Gasteiger partial charge is 0.287 e. The first kappa shape index (κ1) is 28.8. The second kappa shape index (κ2) is 12.9. The van der Waals surface area contributed by atoms with E-state index in [2.05, 4.69) is 21.3 Å². The van der Waals surface area contributed by atoms with E-state index in [1.165, 1.54) is 30.5 Å². The second-order valence-corrected chi connectivity index (χ2v) is 10.9. The van der Waals surface area contributed by atoms with Crippen LogP contribution >= 0.6 is 0 Å². The Morgan fingerprint density at radius 1 is 0.977 bits per heavy atom. The van der Waals surface area contributed by atoms with Gasteiger partial charge >= 0.3 is 0 Å². The summed E-state index contributed by atoms with van der Waals surface area (Å²) in [6.07, 6.45) is 3.28. The molecule has 1 N–H and O–H groups in total. The molecule has 6 rings (SSSR count). The summed E-state index contributed by atoms with van der Waals surface area (Å²) in [5, 5.41) is 12.8. The first-order valence-corrected chi connectivity index (χ1v) is 14.4. The van der Waals surface area contributed by atoms with Crippen LogP contribution in [-0.2, 0) is 13.0 Å². The molecule has 0 aliphatic carbocycles. The lowest BCUT2D eigenvalue weighted by Gasteiger charge is -2.32. The van der Waals surface area contributed by atoms with Crippen LogP contribution in [-0.4, -0.2) is 40.7 Å². The van der Waals surface area contributed by atoms with E-state index in [-0.39, 0.29) is 35.7 Å². The highest BCUT2D eigenvalue weighted by Gasteiger charge is 2.23. The fourth-order valence-corrected chi connectivity index (χ4v) is 5.27. The molecule has 220 valence electrons. The van der Waals surface area contributed by atoms with Crippen molar-refractivity contribution in [3.05, 3.63) is 125 Å². The fourth-order valence-electron chi connectivity index (χ4n) is 5.27. The first-order valence-electron chi connectivity index (χ1n) is 14.4. The van der Waals surface area contributed by atoms with Gasteiger partial charge in [0.1, 0.15) is 17.1 Å². The third-order valence-corrected chi connectivity index (χ3v) is 7.68. The zero-order chi connectivity index (χ0) is 30.5. The summed E-state index contributed by atoms with van der Waals surface area (Å²) in [5.41, 5.74) is 3.62. The quantitative estimate of drug-likeness (QED) is 0.197. The predicted molar refractivity (Wildman–Crippen MR) is 162 cm³/mol. The van der Waals surface area contributed by atoms with Gasteiger partial charge in [-0.3, -0.25) is 14.5 Å². The number of piperidine rings is 1. The summed E-state index contributed by atoms with van der Waals surface area (Å²) in [4.78, 5) is 32.5. The molecule has 9 heteroatoms. The number of hydrogen-bond donors (Lipinski definition) is 1. The standard InChI is InChI=1S/C35H29FN4O4/c36-28-7-9-30(10-8-28)43-34-12-6-26(21-38-34)31(41)18-25-5-11-32-27(17-25)19-33(44-32)35(42)39-29-13-15-40(16-14-29)22-24-3-1-23(20-37)2-4-24/h1-12,17,19,21,29H,13-16,18,22H2,(H,39,42). The molecule has 8 nitrogen and oxygen atoms in total. The van der Waals surface area contributed by atoms with Crippen molar-refractivity contribution in [2.24, 2.45) is 0 Å². The minimum Gasteiger partial charge on any atom is -0.451 e. The Balaban J connectivity index is 1.01. The average Bonchev–Trinajstić information content (AvgIpc) is 3.48. The number of likely N-dealkylation sites (tertiary alicyclic amines) is 1. The molecule has 1 aliphatic rings. The number of Topliss-reactive ketones (excluding diaryl/α,β-unsaturated/α-hetero) is 1. The molecule has 1 saturated heterocycles. The molecule has 44 heavy (non-hydrogen) atoms. The van der Waals surface area contributed by atoms with Gasteiger partial charge in [0.05, 0.1) is 11.6 Å². The number of fused-ring (bicyclic) bond motifs is 1. The van der Waals surface area contributed by atoms with E-state index in [0.717, 1.165) is 49.0 Å². The topological polar surface area (TPSA) is 108 Å². The van der Waals surface area contributed by atoms with Gasteiger partial charge < -0.3 is 14.5 Å². The molecular formula is C35H29FN4O4. The largest absolute Gasteiger partial charge is 0.451 e. The summed E-state index contributed by atoms with van der Waals surface area (Å²) >= 11 is 0. The van der Waals surface area contributed by atoms with Gasteiger partial charge in [0, 0.05) is 55.3 Å². The number of halogens is 1. The minimum atomic E-state index is -0.357. The fraction of sp³-hybridized carbons (Fsp3) is 0.200. The van der Waals surface area contributed by atoms with Crippen molar-refractivity contribution in [3.63, 3.8) is 0 Å². The van der Waals surface area contributed by atoms with E-state index < -0.39 is 0 Å². The Hall–Kier alpha value is -5.33. The lowest BCUT2D eigenvalue weighted by molar-refractivity contribution is 0.0882. The maximum Gasteiger partial charge on any atom is 0.287 e. The van der Waals surface area contributed by atoms with Crippen molar-refractivity contribution in [1.29, 1.82) is 5.26 Å². The highest BCUT2D eigenvalue weighted by Crippen LogP contribution is 2.24. The van der Waals surface area contributed by atoms with Gasteiger partial charge in [-0.1, -0.05) is 18.2 Å². The monoisotopic (exact) mass is 588 g/mol. The zero-order valence-corrected chi connectivity index (χ0v) is 23.8. The van der Waals surface area contributed by atoms with Gasteiger partial charge in [-0.15, -0.1) is 0 Å². The number of nitrogens with zero attached hydrogens (tertiary/aromatic N) is 3. The number of furan rings is 1. The Kier molecular flexibility index (Phi) is 8.43. The number of carbonyl (C=O) groups excluding carboxylic acids is 2. The maximum absolute atomic E-state index is 13.1. The van der Waals surface area contributed by atoms with E-state index in [1.54, 1.807) is 24.3 Å². The molecule has 0 unspecified atom stereocenters. The number of hydrogen-bond acceptors (Lipinski definition) is 7. The van der Waals surface area contributed by atoms with E-state index in [1.807, 2.05) is 36.4 Å². The summed E-state index contributed by atoms with van der Waals surface area (Å²) in [6.45, 7) is 2.54. The van der Waals surface area contributed by atoms with Crippen LogP contribution in [0.5, 0.6) is 11.6 Å². The molecule has 3 aromatic carbocycles. The van der Waals surface area contributed by atoms with Crippen LogP contribution in [0.1, 0.15) is 50.4 Å². The van der Waals surface area contributed by atoms with E-state index in [4.69, 9.17) is 14.4 Å². The SMILES string of the molecule is N#Cc1ccc(CN2CCC(NC(=O)c3cc4cc(CC(=O)c5ccc(Oc6ccc(F)cc6)nc5)ccc4o3)CC2)cc1. The van der Waals surface area contributed by atoms with Crippen LogP contribution in [0.15, 0.2) is 95.5 Å². The van der Waals surface area contributed by atoms with Gasteiger partial charge in [0.25, 0.3) is 5.91 Å². The van der Waals surface area contributed by atoms with Crippen LogP contribution in [0.3, 0.4) is 0 Å². The van der Waals surface area contributed by atoms with Crippen LogP contribution in [0.4, 0.5) is 4.39 Å². The van der Waals surface area contributed by atoms with Crippen molar-refractivity contribution >= 4 is 22.7 Å².